The Hall–Kier alpha value is -2.44. The van der Waals surface area contributed by atoms with E-state index in [-0.39, 0.29) is 11.8 Å². The van der Waals surface area contributed by atoms with E-state index in [9.17, 15) is 14.0 Å². The third kappa shape index (κ3) is 4.68. The molecule has 0 bridgehead atoms. The lowest BCUT2D eigenvalue weighted by Gasteiger charge is -2.06. The molecule has 0 spiro atoms. The van der Waals surface area contributed by atoms with Gasteiger partial charge in [0.25, 0.3) is 0 Å². The second-order valence-corrected chi connectivity index (χ2v) is 4.22. The highest BCUT2D eigenvalue weighted by atomic mass is 19.1. The van der Waals surface area contributed by atoms with Gasteiger partial charge in [-0.3, -0.25) is 9.59 Å². The lowest BCUT2D eigenvalue weighted by atomic mass is 10.2. The van der Waals surface area contributed by atoms with Gasteiger partial charge in [-0.05, 0) is 37.6 Å². The summed E-state index contributed by atoms with van der Waals surface area (Å²) in [6.45, 7) is 3.46. The van der Waals surface area contributed by atoms with Gasteiger partial charge < -0.3 is 10.1 Å². The number of hydrogen-bond acceptors (Lipinski definition) is 4. The first-order chi connectivity index (χ1) is 9.43. The molecule has 0 aliphatic heterocycles. The minimum absolute atomic E-state index is 0.113. The van der Waals surface area contributed by atoms with Crippen LogP contribution in [0.15, 0.2) is 23.3 Å². The molecule has 2 N–H and O–H groups in total. The largest absolute Gasteiger partial charge is 0.494 e. The zero-order valence-electron chi connectivity index (χ0n) is 11.4. The van der Waals surface area contributed by atoms with Crippen LogP contribution in [-0.2, 0) is 9.59 Å². The van der Waals surface area contributed by atoms with E-state index < -0.39 is 17.6 Å². The topological polar surface area (TPSA) is 79.8 Å². The Morgan fingerprint density at radius 3 is 2.60 bits per heavy atom. The maximum Gasteiger partial charge on any atom is 0.329 e. The fourth-order valence-corrected chi connectivity index (χ4v) is 1.31. The van der Waals surface area contributed by atoms with Crippen LogP contribution in [-0.4, -0.2) is 31.2 Å². The number of methoxy groups -OCH3 is 1. The van der Waals surface area contributed by atoms with Crippen molar-refractivity contribution < 1.29 is 18.7 Å². The molecule has 1 aromatic carbocycles. The first-order valence-electron chi connectivity index (χ1n) is 5.91. The Morgan fingerprint density at radius 2 is 2.05 bits per heavy atom. The zero-order chi connectivity index (χ0) is 15.1. The molecule has 0 saturated heterocycles. The fraction of sp³-hybridized carbons (Fsp3) is 0.308. The van der Waals surface area contributed by atoms with Crippen molar-refractivity contribution >= 4 is 18.0 Å². The first kappa shape index (κ1) is 15.6. The molecule has 0 saturated carbocycles. The Balaban J connectivity index is 2.59. The number of carbonyl (C=O) groups is 2. The van der Waals surface area contributed by atoms with Crippen molar-refractivity contribution in [3.8, 4) is 5.75 Å². The number of nitrogens with zero attached hydrogens (tertiary/aromatic N) is 1. The Bertz CT molecular complexity index is 530. The molecule has 2 amide bonds. The van der Waals surface area contributed by atoms with Crippen molar-refractivity contribution in [3.63, 3.8) is 0 Å². The summed E-state index contributed by atoms with van der Waals surface area (Å²) in [5, 5.41) is 5.99. The third-order valence-electron chi connectivity index (χ3n) is 2.18. The average Bonchev–Trinajstić information content (AvgIpc) is 2.38. The summed E-state index contributed by atoms with van der Waals surface area (Å²) in [5.41, 5.74) is 2.47. The first-order valence-corrected chi connectivity index (χ1v) is 5.91. The van der Waals surface area contributed by atoms with Gasteiger partial charge in [-0.1, -0.05) is 0 Å². The van der Waals surface area contributed by atoms with E-state index in [0.717, 1.165) is 0 Å². The van der Waals surface area contributed by atoms with Crippen LogP contribution in [0.25, 0.3) is 0 Å². The van der Waals surface area contributed by atoms with Crippen molar-refractivity contribution in [1.82, 2.24) is 10.7 Å². The number of carbonyl (C=O) groups excluding carboxylic acids is 2. The number of ether oxygens (including phenoxy) is 1. The van der Waals surface area contributed by atoms with Crippen LogP contribution in [0, 0.1) is 5.82 Å². The molecule has 1 aromatic rings. The Morgan fingerprint density at radius 1 is 1.35 bits per heavy atom. The molecule has 1 rings (SSSR count). The number of amides is 2. The van der Waals surface area contributed by atoms with Crippen LogP contribution < -0.4 is 15.5 Å². The smallest absolute Gasteiger partial charge is 0.329 e. The van der Waals surface area contributed by atoms with Gasteiger partial charge in [0.15, 0.2) is 11.6 Å². The molecule has 0 heterocycles. The zero-order valence-corrected chi connectivity index (χ0v) is 11.4. The predicted molar refractivity (Wildman–Crippen MR) is 72.0 cm³/mol. The molecule has 0 radical (unpaired) electrons. The summed E-state index contributed by atoms with van der Waals surface area (Å²) in [6.07, 6.45) is 1.23. The van der Waals surface area contributed by atoms with Crippen LogP contribution in [0.1, 0.15) is 19.4 Å². The maximum absolute atomic E-state index is 13.4. The summed E-state index contributed by atoms with van der Waals surface area (Å²) in [5.74, 6) is -2.09. The van der Waals surface area contributed by atoms with Crippen LogP contribution in [0.2, 0.25) is 0 Å². The predicted octanol–water partition coefficient (Wildman–Crippen LogP) is 0.809. The Kier molecular flexibility index (Phi) is 5.64. The lowest BCUT2D eigenvalue weighted by molar-refractivity contribution is -0.139. The average molecular weight is 281 g/mol. The molecule has 0 aliphatic carbocycles. The third-order valence-corrected chi connectivity index (χ3v) is 2.18. The van der Waals surface area contributed by atoms with E-state index in [1.165, 1.54) is 25.5 Å². The van der Waals surface area contributed by atoms with Gasteiger partial charge in [0.1, 0.15) is 0 Å². The quantitative estimate of drug-likeness (QED) is 0.487. The van der Waals surface area contributed by atoms with Gasteiger partial charge in [0, 0.05) is 6.04 Å². The van der Waals surface area contributed by atoms with Gasteiger partial charge in [0.2, 0.25) is 0 Å². The number of benzene rings is 1. The number of hydrazone groups is 1. The highest BCUT2D eigenvalue weighted by Crippen LogP contribution is 2.16. The number of hydrogen-bond donors (Lipinski definition) is 2. The number of rotatable bonds is 4. The molecule has 108 valence electrons. The molecule has 0 atom stereocenters. The Labute approximate surface area is 116 Å². The van der Waals surface area contributed by atoms with Gasteiger partial charge in [-0.15, -0.1) is 0 Å². The molecule has 0 unspecified atom stereocenters. The molecule has 0 fully saturated rings. The normalized spacial score (nSPS) is 10.7. The van der Waals surface area contributed by atoms with E-state index in [2.05, 4.69) is 10.4 Å². The van der Waals surface area contributed by atoms with Crippen molar-refractivity contribution in [1.29, 1.82) is 0 Å². The standard InChI is InChI=1S/C13H16FN3O3/c1-8(2)16-12(18)13(19)17-15-7-9-4-5-11(20-3)10(14)6-9/h4-8H,1-3H3,(H,16,18)(H,17,19)/b15-7-. The van der Waals surface area contributed by atoms with E-state index in [0.29, 0.717) is 5.56 Å². The number of halogens is 1. The molecule has 6 nitrogen and oxygen atoms in total. The van der Waals surface area contributed by atoms with E-state index in [1.807, 2.05) is 5.43 Å². The molecular weight excluding hydrogens is 265 g/mol. The van der Waals surface area contributed by atoms with Crippen molar-refractivity contribution in [2.75, 3.05) is 7.11 Å². The monoisotopic (exact) mass is 281 g/mol. The second kappa shape index (κ2) is 7.22. The van der Waals surface area contributed by atoms with Crippen molar-refractivity contribution in [3.05, 3.63) is 29.6 Å². The summed E-state index contributed by atoms with van der Waals surface area (Å²) in [4.78, 5) is 22.6. The van der Waals surface area contributed by atoms with E-state index in [1.54, 1.807) is 19.9 Å². The molecule has 0 aromatic heterocycles. The van der Waals surface area contributed by atoms with Crippen molar-refractivity contribution in [2.45, 2.75) is 19.9 Å². The van der Waals surface area contributed by atoms with Crippen LogP contribution in [0.4, 0.5) is 4.39 Å². The van der Waals surface area contributed by atoms with E-state index in [4.69, 9.17) is 4.74 Å². The minimum atomic E-state index is -0.885. The summed E-state index contributed by atoms with van der Waals surface area (Å²) < 4.78 is 18.1. The SMILES string of the molecule is COc1ccc(/C=N\NC(=O)C(=O)NC(C)C)cc1F. The highest BCUT2D eigenvalue weighted by Gasteiger charge is 2.12. The summed E-state index contributed by atoms with van der Waals surface area (Å²) in [6, 6.07) is 4.05. The van der Waals surface area contributed by atoms with Crippen LogP contribution in [0.5, 0.6) is 5.75 Å². The van der Waals surface area contributed by atoms with Gasteiger partial charge in [0.05, 0.1) is 13.3 Å². The lowest BCUT2D eigenvalue weighted by Crippen LogP contribution is -2.41. The molecule has 0 aliphatic rings. The highest BCUT2D eigenvalue weighted by molar-refractivity contribution is 6.35. The van der Waals surface area contributed by atoms with Gasteiger partial charge in [-0.25, -0.2) is 9.82 Å². The van der Waals surface area contributed by atoms with Gasteiger partial charge in [-0.2, -0.15) is 5.10 Å². The van der Waals surface area contributed by atoms with E-state index >= 15 is 0 Å². The molecular formula is C13H16FN3O3. The van der Waals surface area contributed by atoms with Crippen molar-refractivity contribution in [2.24, 2.45) is 5.10 Å². The van der Waals surface area contributed by atoms with Crippen LogP contribution >= 0.6 is 0 Å². The van der Waals surface area contributed by atoms with Crippen LogP contribution in [0.3, 0.4) is 0 Å². The second-order valence-electron chi connectivity index (χ2n) is 4.22. The summed E-state index contributed by atoms with van der Waals surface area (Å²) in [7, 11) is 1.36. The molecule has 20 heavy (non-hydrogen) atoms. The minimum Gasteiger partial charge on any atom is -0.494 e. The number of nitrogens with one attached hydrogen (secondary N) is 2. The summed E-state index contributed by atoms with van der Waals surface area (Å²) >= 11 is 0. The fourth-order valence-electron chi connectivity index (χ4n) is 1.31. The molecule has 7 heteroatoms. The van der Waals surface area contributed by atoms with Gasteiger partial charge >= 0.3 is 11.8 Å². The maximum atomic E-state index is 13.4.